The number of hydrogen-bond acceptors (Lipinski definition) is 6. The molecule has 1 fully saturated rings. The third-order valence-electron chi connectivity index (χ3n) is 4.15. The summed E-state index contributed by atoms with van der Waals surface area (Å²) in [6, 6.07) is 7.08. The molecule has 0 aliphatic carbocycles. The molecule has 3 rings (SSSR count). The fourth-order valence-corrected chi connectivity index (χ4v) is 2.87. The van der Waals surface area contributed by atoms with Gasteiger partial charge in [0, 0.05) is 36.9 Å². The summed E-state index contributed by atoms with van der Waals surface area (Å²) < 4.78 is 0. The number of non-ortho nitro benzene ring substituents is 1. The van der Waals surface area contributed by atoms with E-state index in [2.05, 4.69) is 5.32 Å². The summed E-state index contributed by atoms with van der Waals surface area (Å²) in [7, 11) is 0. The summed E-state index contributed by atoms with van der Waals surface area (Å²) >= 11 is 0. The van der Waals surface area contributed by atoms with Crippen LogP contribution in [0.4, 0.5) is 5.69 Å². The zero-order chi connectivity index (χ0) is 18.0. The SMILES string of the molecule is N#CC1=C(N2CCCC2)NC(=O)/C1=C/C(=O)c1ccc([N+](=O)[O-])cc1. The molecule has 8 nitrogen and oxygen atoms in total. The van der Waals surface area contributed by atoms with Gasteiger partial charge in [-0.2, -0.15) is 5.26 Å². The molecule has 0 spiro atoms. The van der Waals surface area contributed by atoms with Crippen LogP contribution < -0.4 is 5.32 Å². The third kappa shape index (κ3) is 3.12. The number of nitrogens with zero attached hydrogens (tertiary/aromatic N) is 3. The summed E-state index contributed by atoms with van der Waals surface area (Å²) in [6.07, 6.45) is 3.08. The minimum Gasteiger partial charge on any atom is -0.357 e. The van der Waals surface area contributed by atoms with Gasteiger partial charge in [-0.1, -0.05) is 0 Å². The number of amides is 1. The Bertz CT molecular complexity index is 856. The standard InChI is InChI=1S/C17H14N4O4/c18-10-14-13(17(23)19-16(14)20-7-1-2-8-20)9-15(22)11-3-5-12(6-4-11)21(24)25/h3-6,9H,1-2,7-8H2,(H,19,23)/b13-9+. The number of nitro groups is 1. The molecule has 0 unspecified atom stereocenters. The highest BCUT2D eigenvalue weighted by atomic mass is 16.6. The van der Waals surface area contributed by atoms with Crippen molar-refractivity contribution in [2.75, 3.05) is 13.1 Å². The maximum Gasteiger partial charge on any atom is 0.269 e. The van der Waals surface area contributed by atoms with Crippen molar-refractivity contribution in [3.8, 4) is 6.07 Å². The summed E-state index contributed by atoms with van der Waals surface area (Å²) in [4.78, 5) is 36.5. The van der Waals surface area contributed by atoms with Gasteiger partial charge in [-0.25, -0.2) is 0 Å². The normalized spacial score (nSPS) is 18.4. The summed E-state index contributed by atoms with van der Waals surface area (Å²) in [5.41, 5.74) is 0.254. The number of carbonyl (C=O) groups excluding carboxylic acids is 2. The van der Waals surface area contributed by atoms with Crippen molar-refractivity contribution in [2.24, 2.45) is 0 Å². The van der Waals surface area contributed by atoms with Crippen LogP contribution in [0.2, 0.25) is 0 Å². The molecule has 1 N–H and O–H groups in total. The third-order valence-corrected chi connectivity index (χ3v) is 4.15. The lowest BCUT2D eigenvalue weighted by atomic mass is 10.0. The first-order valence-electron chi connectivity index (χ1n) is 7.73. The number of benzene rings is 1. The van der Waals surface area contributed by atoms with Crippen molar-refractivity contribution in [2.45, 2.75) is 12.8 Å². The number of nitro benzene ring substituents is 1. The molecule has 0 radical (unpaired) electrons. The molecule has 2 aliphatic rings. The Kier molecular flexibility index (Phi) is 4.31. The number of carbonyl (C=O) groups is 2. The lowest BCUT2D eigenvalue weighted by Crippen LogP contribution is -2.29. The minimum atomic E-state index is -0.560. The maximum absolute atomic E-state index is 12.3. The van der Waals surface area contributed by atoms with Crippen LogP contribution in [0.3, 0.4) is 0 Å². The predicted molar refractivity (Wildman–Crippen MR) is 87.1 cm³/mol. The number of rotatable bonds is 4. The van der Waals surface area contributed by atoms with Crippen molar-refractivity contribution in [3.05, 3.63) is 63.0 Å². The Balaban J connectivity index is 1.90. The van der Waals surface area contributed by atoms with Gasteiger partial charge in [0.15, 0.2) is 5.78 Å². The summed E-state index contributed by atoms with van der Waals surface area (Å²) in [6.45, 7) is 1.51. The van der Waals surface area contributed by atoms with E-state index in [-0.39, 0.29) is 22.4 Å². The average molecular weight is 338 g/mol. The molecule has 1 aromatic rings. The first-order valence-corrected chi connectivity index (χ1v) is 7.73. The van der Waals surface area contributed by atoms with Crippen molar-refractivity contribution in [1.82, 2.24) is 10.2 Å². The first kappa shape index (κ1) is 16.4. The number of hydrogen-bond donors (Lipinski definition) is 1. The van der Waals surface area contributed by atoms with E-state index in [1.807, 2.05) is 11.0 Å². The molecule has 25 heavy (non-hydrogen) atoms. The number of likely N-dealkylation sites (tertiary alicyclic amines) is 1. The zero-order valence-corrected chi connectivity index (χ0v) is 13.2. The highest BCUT2D eigenvalue weighted by molar-refractivity contribution is 6.13. The van der Waals surface area contributed by atoms with Crippen molar-refractivity contribution in [3.63, 3.8) is 0 Å². The van der Waals surface area contributed by atoms with Gasteiger partial charge >= 0.3 is 0 Å². The smallest absolute Gasteiger partial charge is 0.269 e. The molecular formula is C17H14N4O4. The predicted octanol–water partition coefficient (Wildman–Crippen LogP) is 1.66. The quantitative estimate of drug-likeness (QED) is 0.386. The van der Waals surface area contributed by atoms with Crippen molar-refractivity contribution < 1.29 is 14.5 Å². The molecule has 1 amide bonds. The highest BCUT2D eigenvalue weighted by Crippen LogP contribution is 2.26. The molecule has 0 atom stereocenters. The van der Waals surface area contributed by atoms with E-state index in [9.17, 15) is 25.0 Å². The van der Waals surface area contributed by atoms with E-state index in [4.69, 9.17) is 0 Å². The van der Waals surface area contributed by atoms with Gasteiger partial charge in [-0.05, 0) is 25.0 Å². The Hall–Kier alpha value is -3.47. The Morgan fingerprint density at radius 1 is 1.28 bits per heavy atom. The Labute approximate surface area is 143 Å². The van der Waals surface area contributed by atoms with Crippen molar-refractivity contribution in [1.29, 1.82) is 5.26 Å². The van der Waals surface area contributed by atoms with Gasteiger partial charge in [0.1, 0.15) is 17.5 Å². The minimum absolute atomic E-state index is 0.0211. The number of nitriles is 1. The van der Waals surface area contributed by atoms with E-state index >= 15 is 0 Å². The van der Waals surface area contributed by atoms with E-state index < -0.39 is 16.6 Å². The molecule has 0 saturated carbocycles. The van der Waals surface area contributed by atoms with Crippen LogP contribution in [0.5, 0.6) is 0 Å². The van der Waals surface area contributed by atoms with Crippen LogP contribution in [0.25, 0.3) is 0 Å². The highest BCUT2D eigenvalue weighted by Gasteiger charge is 2.32. The number of nitrogens with one attached hydrogen (secondary N) is 1. The fraction of sp³-hybridized carbons (Fsp3) is 0.235. The monoisotopic (exact) mass is 338 g/mol. The van der Waals surface area contributed by atoms with Gasteiger partial charge in [-0.3, -0.25) is 19.7 Å². The fourth-order valence-electron chi connectivity index (χ4n) is 2.87. The van der Waals surface area contributed by atoms with Crippen LogP contribution in [0.1, 0.15) is 23.2 Å². The van der Waals surface area contributed by atoms with E-state index in [1.165, 1.54) is 24.3 Å². The molecule has 1 saturated heterocycles. The molecule has 126 valence electrons. The van der Waals surface area contributed by atoms with Crippen LogP contribution in [0, 0.1) is 21.4 Å². The second-order valence-corrected chi connectivity index (χ2v) is 5.71. The molecule has 2 heterocycles. The average Bonchev–Trinajstić information content (AvgIpc) is 3.23. The topological polar surface area (TPSA) is 116 Å². The lowest BCUT2D eigenvalue weighted by molar-refractivity contribution is -0.384. The van der Waals surface area contributed by atoms with Gasteiger partial charge in [0.2, 0.25) is 0 Å². The second-order valence-electron chi connectivity index (χ2n) is 5.71. The van der Waals surface area contributed by atoms with Gasteiger partial charge in [0.05, 0.1) is 10.5 Å². The molecule has 8 heteroatoms. The van der Waals surface area contributed by atoms with E-state index in [1.54, 1.807) is 0 Å². The molecular weight excluding hydrogens is 324 g/mol. The second kappa shape index (κ2) is 6.57. The largest absolute Gasteiger partial charge is 0.357 e. The molecule has 0 bridgehead atoms. The number of ketones is 1. The van der Waals surface area contributed by atoms with Crippen LogP contribution in [-0.2, 0) is 4.79 Å². The van der Waals surface area contributed by atoms with Crippen LogP contribution in [-0.4, -0.2) is 34.6 Å². The maximum atomic E-state index is 12.3. The van der Waals surface area contributed by atoms with E-state index in [0.29, 0.717) is 5.82 Å². The summed E-state index contributed by atoms with van der Waals surface area (Å²) in [5, 5.41) is 22.7. The zero-order valence-electron chi connectivity index (χ0n) is 13.2. The Morgan fingerprint density at radius 3 is 2.48 bits per heavy atom. The molecule has 0 aromatic heterocycles. The molecule has 2 aliphatic heterocycles. The van der Waals surface area contributed by atoms with Crippen LogP contribution >= 0.6 is 0 Å². The van der Waals surface area contributed by atoms with Gasteiger partial charge in [0.25, 0.3) is 11.6 Å². The van der Waals surface area contributed by atoms with Gasteiger partial charge in [-0.15, -0.1) is 0 Å². The Morgan fingerprint density at radius 2 is 1.92 bits per heavy atom. The van der Waals surface area contributed by atoms with Gasteiger partial charge < -0.3 is 10.2 Å². The first-order chi connectivity index (χ1) is 12.0. The lowest BCUT2D eigenvalue weighted by Gasteiger charge is -2.18. The summed E-state index contributed by atoms with van der Waals surface area (Å²) in [5.74, 6) is -0.531. The van der Waals surface area contributed by atoms with Crippen LogP contribution in [0.15, 0.2) is 47.3 Å². The van der Waals surface area contributed by atoms with E-state index in [0.717, 1.165) is 32.0 Å². The number of allylic oxidation sites excluding steroid dienone is 1. The van der Waals surface area contributed by atoms with Crippen molar-refractivity contribution >= 4 is 17.4 Å². The molecule has 1 aromatic carbocycles.